The summed E-state index contributed by atoms with van der Waals surface area (Å²) in [6, 6.07) is 11.5. The van der Waals surface area contributed by atoms with Crippen LogP contribution < -0.4 is 10.6 Å². The molecule has 7 nitrogen and oxygen atoms in total. The van der Waals surface area contributed by atoms with Gasteiger partial charge in [-0.1, -0.05) is 59.7 Å². The number of hydrogen-bond donors (Lipinski definition) is 2. The van der Waals surface area contributed by atoms with Crippen LogP contribution in [0.4, 0.5) is 10.1 Å². The Kier molecular flexibility index (Phi) is 9.00. The lowest BCUT2D eigenvalue weighted by molar-refractivity contribution is -0.113. The van der Waals surface area contributed by atoms with Crippen LogP contribution in [0.5, 0.6) is 0 Å². The zero-order valence-corrected chi connectivity index (χ0v) is 21.2. The first-order valence-corrected chi connectivity index (χ1v) is 12.4. The monoisotopic (exact) mass is 545 g/mol. The quantitative estimate of drug-likeness (QED) is 0.271. The number of carbonyl (C=O) groups excluding carboxylic acids is 2. The van der Waals surface area contributed by atoms with Gasteiger partial charge in [-0.05, 0) is 41.8 Å². The van der Waals surface area contributed by atoms with E-state index in [1.807, 2.05) is 18.2 Å². The van der Waals surface area contributed by atoms with Crippen LogP contribution in [0.25, 0.3) is 0 Å². The lowest BCUT2D eigenvalue weighted by atomic mass is 10.0. The van der Waals surface area contributed by atoms with E-state index >= 15 is 0 Å². The highest BCUT2D eigenvalue weighted by atomic mass is 79.9. The zero-order chi connectivity index (χ0) is 24.7. The lowest BCUT2D eigenvalue weighted by Crippen LogP contribution is -2.25. The zero-order valence-electron chi connectivity index (χ0n) is 18.8. The van der Waals surface area contributed by atoms with E-state index in [0.29, 0.717) is 17.5 Å². The summed E-state index contributed by atoms with van der Waals surface area (Å²) in [5.74, 6) is -0.459. The van der Waals surface area contributed by atoms with E-state index < -0.39 is 11.7 Å². The van der Waals surface area contributed by atoms with Crippen molar-refractivity contribution in [1.82, 2.24) is 20.1 Å². The molecule has 0 aliphatic rings. The number of allylic oxidation sites excluding steroid dienone is 1. The fraction of sp³-hybridized carbons (Fsp3) is 0.250. The van der Waals surface area contributed by atoms with Gasteiger partial charge in [0, 0.05) is 16.7 Å². The molecule has 2 amide bonds. The second-order valence-electron chi connectivity index (χ2n) is 7.68. The Balaban J connectivity index is 1.64. The number of rotatable bonds is 10. The maximum atomic E-state index is 13.8. The van der Waals surface area contributed by atoms with E-state index in [-0.39, 0.29) is 29.7 Å². The highest BCUT2D eigenvalue weighted by Gasteiger charge is 2.17. The van der Waals surface area contributed by atoms with Gasteiger partial charge in [-0.2, -0.15) is 0 Å². The Hall–Kier alpha value is -2.98. The molecule has 3 rings (SSSR count). The molecule has 0 aliphatic heterocycles. The minimum Gasteiger partial charge on any atom is -0.345 e. The van der Waals surface area contributed by atoms with Gasteiger partial charge in [0.25, 0.3) is 5.91 Å². The summed E-state index contributed by atoms with van der Waals surface area (Å²) < 4.78 is 16.6. The Morgan fingerprint density at radius 2 is 2.00 bits per heavy atom. The number of thioether (sulfide) groups is 1. The Morgan fingerprint density at radius 3 is 2.71 bits per heavy atom. The third kappa shape index (κ3) is 6.54. The van der Waals surface area contributed by atoms with Gasteiger partial charge < -0.3 is 15.2 Å². The van der Waals surface area contributed by atoms with Crippen LogP contribution in [-0.4, -0.2) is 32.3 Å². The fourth-order valence-electron chi connectivity index (χ4n) is 3.21. The molecule has 0 saturated carbocycles. The molecule has 0 aliphatic carbocycles. The smallest absolute Gasteiger partial charge is 0.254 e. The minimum atomic E-state index is -0.596. The topological polar surface area (TPSA) is 88.9 Å². The number of amides is 2. The summed E-state index contributed by atoms with van der Waals surface area (Å²) >= 11 is 4.70. The molecule has 0 spiro atoms. The Labute approximate surface area is 210 Å². The second kappa shape index (κ2) is 11.9. The van der Waals surface area contributed by atoms with E-state index in [2.05, 4.69) is 57.2 Å². The molecule has 10 heteroatoms. The number of nitrogens with zero attached hydrogens (tertiary/aromatic N) is 3. The normalized spacial score (nSPS) is 10.9. The van der Waals surface area contributed by atoms with Crippen molar-refractivity contribution in [1.29, 1.82) is 0 Å². The minimum absolute atomic E-state index is 0.0442. The molecule has 0 bridgehead atoms. The van der Waals surface area contributed by atoms with Gasteiger partial charge in [-0.15, -0.1) is 16.8 Å². The van der Waals surface area contributed by atoms with Crippen molar-refractivity contribution in [2.75, 3.05) is 11.1 Å². The third-order valence-electron chi connectivity index (χ3n) is 4.87. The molecule has 0 radical (unpaired) electrons. The summed E-state index contributed by atoms with van der Waals surface area (Å²) in [6.07, 6.45) is 1.67. The molecular formula is C24H25BrFN5O2S. The summed E-state index contributed by atoms with van der Waals surface area (Å²) in [5.41, 5.74) is 1.76. The SMILES string of the molecule is C=CCn1c(CNC(=O)c2ccccc2F)nnc1SCC(=O)Nc1ccc(Br)cc1C(C)C. The van der Waals surface area contributed by atoms with Gasteiger partial charge in [0.05, 0.1) is 17.9 Å². The largest absolute Gasteiger partial charge is 0.345 e. The van der Waals surface area contributed by atoms with E-state index in [0.717, 1.165) is 15.7 Å². The molecule has 2 aromatic carbocycles. The van der Waals surface area contributed by atoms with E-state index in [1.165, 1.54) is 30.0 Å². The van der Waals surface area contributed by atoms with E-state index in [9.17, 15) is 14.0 Å². The first-order chi connectivity index (χ1) is 16.3. The number of benzene rings is 2. The molecule has 0 saturated heterocycles. The van der Waals surface area contributed by atoms with Crippen LogP contribution in [0.15, 0.2) is 64.7 Å². The first-order valence-electron chi connectivity index (χ1n) is 10.6. The van der Waals surface area contributed by atoms with Gasteiger partial charge in [0.1, 0.15) is 5.82 Å². The predicted molar refractivity (Wildman–Crippen MR) is 135 cm³/mol. The van der Waals surface area contributed by atoms with Crippen LogP contribution in [0.3, 0.4) is 0 Å². The van der Waals surface area contributed by atoms with E-state index in [4.69, 9.17) is 0 Å². The number of halogens is 2. The second-order valence-corrected chi connectivity index (χ2v) is 9.54. The van der Waals surface area contributed by atoms with E-state index in [1.54, 1.807) is 16.7 Å². The van der Waals surface area contributed by atoms with Crippen LogP contribution in [0.1, 0.15) is 41.5 Å². The Bertz CT molecular complexity index is 1200. The van der Waals surface area contributed by atoms with Crippen molar-refractivity contribution in [3.8, 4) is 0 Å². The molecule has 34 heavy (non-hydrogen) atoms. The van der Waals surface area contributed by atoms with Crippen molar-refractivity contribution >= 4 is 45.2 Å². The molecule has 0 fully saturated rings. The maximum Gasteiger partial charge on any atom is 0.254 e. The van der Waals surface area contributed by atoms with Crippen LogP contribution in [0.2, 0.25) is 0 Å². The molecule has 178 valence electrons. The summed E-state index contributed by atoms with van der Waals surface area (Å²) in [7, 11) is 0. The summed E-state index contributed by atoms with van der Waals surface area (Å²) in [6.45, 7) is 8.33. The molecule has 2 N–H and O–H groups in total. The fourth-order valence-corrected chi connectivity index (χ4v) is 4.36. The highest BCUT2D eigenvalue weighted by molar-refractivity contribution is 9.10. The molecule has 3 aromatic rings. The van der Waals surface area contributed by atoms with Crippen molar-refractivity contribution in [3.63, 3.8) is 0 Å². The van der Waals surface area contributed by atoms with Crippen molar-refractivity contribution in [3.05, 3.63) is 82.4 Å². The van der Waals surface area contributed by atoms with Gasteiger partial charge in [0.2, 0.25) is 5.91 Å². The maximum absolute atomic E-state index is 13.8. The molecule has 1 heterocycles. The van der Waals surface area contributed by atoms with Crippen molar-refractivity contribution in [2.45, 2.75) is 38.0 Å². The molecule has 0 atom stereocenters. The third-order valence-corrected chi connectivity index (χ3v) is 6.33. The van der Waals surface area contributed by atoms with Gasteiger partial charge in [0.15, 0.2) is 11.0 Å². The average Bonchev–Trinajstić information content (AvgIpc) is 3.19. The summed E-state index contributed by atoms with van der Waals surface area (Å²) in [5, 5.41) is 14.4. The Morgan fingerprint density at radius 1 is 1.24 bits per heavy atom. The van der Waals surface area contributed by atoms with Crippen LogP contribution in [0, 0.1) is 5.82 Å². The average molecular weight is 546 g/mol. The van der Waals surface area contributed by atoms with Gasteiger partial charge in [-0.3, -0.25) is 9.59 Å². The molecular weight excluding hydrogens is 521 g/mol. The lowest BCUT2D eigenvalue weighted by Gasteiger charge is -2.14. The van der Waals surface area contributed by atoms with Crippen molar-refractivity contribution < 1.29 is 14.0 Å². The number of hydrogen-bond acceptors (Lipinski definition) is 5. The number of aromatic nitrogens is 3. The standard InChI is InChI=1S/C24H25BrFN5O2S/c1-4-11-31-21(13-27-23(33)17-7-5-6-8-19(17)26)29-30-24(31)34-14-22(32)28-20-10-9-16(25)12-18(20)15(2)3/h4-10,12,15H,1,11,13-14H2,2-3H3,(H,27,33)(H,28,32). The van der Waals surface area contributed by atoms with Gasteiger partial charge in [-0.25, -0.2) is 4.39 Å². The van der Waals surface area contributed by atoms with Crippen molar-refractivity contribution in [2.24, 2.45) is 0 Å². The first kappa shape index (κ1) is 25.6. The molecule has 1 aromatic heterocycles. The molecule has 0 unspecified atom stereocenters. The highest BCUT2D eigenvalue weighted by Crippen LogP contribution is 2.28. The number of anilines is 1. The van der Waals surface area contributed by atoms with Gasteiger partial charge >= 0.3 is 0 Å². The number of carbonyl (C=O) groups is 2. The summed E-state index contributed by atoms with van der Waals surface area (Å²) in [4.78, 5) is 24.9. The van der Waals surface area contributed by atoms with Crippen LogP contribution >= 0.6 is 27.7 Å². The number of nitrogens with one attached hydrogen (secondary N) is 2. The van der Waals surface area contributed by atoms with Crippen LogP contribution in [-0.2, 0) is 17.9 Å². The predicted octanol–water partition coefficient (Wildman–Crippen LogP) is 5.15.